The summed E-state index contributed by atoms with van der Waals surface area (Å²) in [6, 6.07) is 6.55. The van der Waals surface area contributed by atoms with Crippen LogP contribution in [0.25, 0.3) is 0 Å². The average molecular weight is 271 g/mol. The first kappa shape index (κ1) is 13.5. The van der Waals surface area contributed by atoms with Crippen molar-refractivity contribution in [1.82, 2.24) is 4.31 Å². The fourth-order valence-corrected chi connectivity index (χ4v) is 3.27. The molecular formula is C13H18FNO2S. The van der Waals surface area contributed by atoms with Crippen LogP contribution in [-0.2, 0) is 16.4 Å². The Morgan fingerprint density at radius 2 is 1.78 bits per heavy atom. The zero-order valence-electron chi connectivity index (χ0n) is 10.5. The molecule has 0 spiro atoms. The molecule has 1 aliphatic rings. The van der Waals surface area contributed by atoms with Crippen LogP contribution in [0.2, 0.25) is 0 Å². The molecule has 1 heterocycles. The van der Waals surface area contributed by atoms with Crippen molar-refractivity contribution in [2.24, 2.45) is 5.92 Å². The summed E-state index contributed by atoms with van der Waals surface area (Å²) in [6.07, 6.45) is 3.92. The van der Waals surface area contributed by atoms with Crippen molar-refractivity contribution >= 4 is 10.0 Å². The van der Waals surface area contributed by atoms with Gasteiger partial charge in [0.25, 0.3) is 0 Å². The van der Waals surface area contributed by atoms with E-state index in [0.29, 0.717) is 19.0 Å². The van der Waals surface area contributed by atoms with Gasteiger partial charge in [0.1, 0.15) is 5.82 Å². The molecule has 0 aliphatic carbocycles. The molecule has 2 rings (SSSR count). The van der Waals surface area contributed by atoms with Crippen molar-refractivity contribution in [2.75, 3.05) is 19.3 Å². The largest absolute Gasteiger partial charge is 0.213 e. The summed E-state index contributed by atoms with van der Waals surface area (Å²) in [5.74, 6) is 0.277. The minimum absolute atomic E-state index is 0.217. The third kappa shape index (κ3) is 3.53. The van der Waals surface area contributed by atoms with E-state index in [9.17, 15) is 12.8 Å². The third-order valence-corrected chi connectivity index (χ3v) is 4.78. The predicted molar refractivity (Wildman–Crippen MR) is 69.2 cm³/mol. The van der Waals surface area contributed by atoms with Crippen LogP contribution in [0.5, 0.6) is 0 Å². The lowest BCUT2D eigenvalue weighted by atomic mass is 9.91. The fourth-order valence-electron chi connectivity index (χ4n) is 2.40. The average Bonchev–Trinajstić information content (AvgIpc) is 2.32. The van der Waals surface area contributed by atoms with Crippen LogP contribution in [0.1, 0.15) is 18.4 Å². The first-order valence-electron chi connectivity index (χ1n) is 6.15. The summed E-state index contributed by atoms with van der Waals surface area (Å²) in [5.41, 5.74) is 1.12. The van der Waals surface area contributed by atoms with E-state index in [4.69, 9.17) is 0 Å². The van der Waals surface area contributed by atoms with Crippen LogP contribution >= 0.6 is 0 Å². The molecule has 18 heavy (non-hydrogen) atoms. The number of nitrogens with zero attached hydrogens (tertiary/aromatic N) is 1. The van der Waals surface area contributed by atoms with Crippen LogP contribution in [0, 0.1) is 11.7 Å². The summed E-state index contributed by atoms with van der Waals surface area (Å²) in [4.78, 5) is 0. The van der Waals surface area contributed by atoms with E-state index >= 15 is 0 Å². The SMILES string of the molecule is CS(=O)(=O)N1CCC(Cc2ccc(F)cc2)CC1. The van der Waals surface area contributed by atoms with Gasteiger partial charge in [-0.1, -0.05) is 12.1 Å². The highest BCUT2D eigenvalue weighted by atomic mass is 32.2. The van der Waals surface area contributed by atoms with Crippen LogP contribution in [0.3, 0.4) is 0 Å². The smallest absolute Gasteiger partial charge is 0.211 e. The van der Waals surface area contributed by atoms with Gasteiger partial charge >= 0.3 is 0 Å². The van der Waals surface area contributed by atoms with E-state index in [-0.39, 0.29) is 5.82 Å². The van der Waals surface area contributed by atoms with Gasteiger partial charge in [-0.2, -0.15) is 0 Å². The Labute approximate surface area is 108 Å². The topological polar surface area (TPSA) is 37.4 Å². The lowest BCUT2D eigenvalue weighted by molar-refractivity contribution is 0.274. The molecule has 0 saturated carbocycles. The van der Waals surface area contributed by atoms with Crippen LogP contribution in [-0.4, -0.2) is 32.1 Å². The summed E-state index contributed by atoms with van der Waals surface area (Å²) >= 11 is 0. The molecule has 1 aromatic carbocycles. The van der Waals surface area contributed by atoms with Gasteiger partial charge in [-0.25, -0.2) is 17.1 Å². The van der Waals surface area contributed by atoms with Gasteiger partial charge in [0.05, 0.1) is 6.26 Å². The normalized spacial score (nSPS) is 19.0. The van der Waals surface area contributed by atoms with Crippen molar-refractivity contribution in [2.45, 2.75) is 19.3 Å². The van der Waals surface area contributed by atoms with Crippen molar-refractivity contribution in [3.8, 4) is 0 Å². The van der Waals surface area contributed by atoms with Crippen LogP contribution in [0.4, 0.5) is 4.39 Å². The molecule has 0 N–H and O–H groups in total. The molecule has 0 bridgehead atoms. The van der Waals surface area contributed by atoms with Crippen molar-refractivity contribution in [1.29, 1.82) is 0 Å². The second kappa shape index (κ2) is 5.36. The predicted octanol–water partition coefficient (Wildman–Crippen LogP) is 2.04. The number of sulfonamides is 1. The Morgan fingerprint density at radius 1 is 1.22 bits per heavy atom. The van der Waals surface area contributed by atoms with Gasteiger partial charge in [-0.3, -0.25) is 0 Å². The summed E-state index contributed by atoms with van der Waals surface area (Å²) in [5, 5.41) is 0. The standard InChI is InChI=1S/C13H18FNO2S/c1-18(16,17)15-8-6-12(7-9-15)10-11-2-4-13(14)5-3-11/h2-5,12H,6-10H2,1H3. The molecule has 0 amide bonds. The maximum atomic E-state index is 12.8. The van der Waals surface area contributed by atoms with E-state index in [1.807, 2.05) is 0 Å². The highest BCUT2D eigenvalue weighted by Crippen LogP contribution is 2.23. The molecule has 0 atom stereocenters. The Hall–Kier alpha value is -0.940. The summed E-state index contributed by atoms with van der Waals surface area (Å²) in [7, 11) is -3.04. The van der Waals surface area contributed by atoms with Crippen molar-refractivity contribution in [3.63, 3.8) is 0 Å². The zero-order chi connectivity index (χ0) is 13.2. The van der Waals surface area contributed by atoms with Gasteiger partial charge in [0.15, 0.2) is 0 Å². The minimum atomic E-state index is -3.04. The molecule has 1 fully saturated rings. The van der Waals surface area contributed by atoms with Crippen molar-refractivity contribution in [3.05, 3.63) is 35.6 Å². The van der Waals surface area contributed by atoms with Gasteiger partial charge in [-0.15, -0.1) is 0 Å². The quantitative estimate of drug-likeness (QED) is 0.843. The van der Waals surface area contributed by atoms with E-state index in [1.165, 1.54) is 22.7 Å². The second-order valence-electron chi connectivity index (χ2n) is 4.94. The lowest BCUT2D eigenvalue weighted by Gasteiger charge is -2.30. The molecule has 0 aromatic heterocycles. The highest BCUT2D eigenvalue weighted by Gasteiger charge is 2.24. The zero-order valence-corrected chi connectivity index (χ0v) is 11.3. The molecule has 5 heteroatoms. The van der Waals surface area contributed by atoms with Gasteiger partial charge < -0.3 is 0 Å². The molecule has 0 radical (unpaired) electrons. The van der Waals surface area contributed by atoms with Crippen LogP contribution < -0.4 is 0 Å². The maximum absolute atomic E-state index is 12.8. The van der Waals surface area contributed by atoms with Gasteiger partial charge in [-0.05, 0) is 42.9 Å². The summed E-state index contributed by atoms with van der Waals surface area (Å²) < 4.78 is 37.1. The van der Waals surface area contributed by atoms with E-state index in [2.05, 4.69) is 0 Å². The molecule has 1 aromatic rings. The molecule has 3 nitrogen and oxygen atoms in total. The number of hydrogen-bond acceptors (Lipinski definition) is 2. The van der Waals surface area contributed by atoms with E-state index in [0.717, 1.165) is 24.8 Å². The molecule has 1 saturated heterocycles. The maximum Gasteiger partial charge on any atom is 0.211 e. The van der Waals surface area contributed by atoms with E-state index in [1.54, 1.807) is 12.1 Å². The van der Waals surface area contributed by atoms with Crippen molar-refractivity contribution < 1.29 is 12.8 Å². The first-order chi connectivity index (χ1) is 8.45. The number of piperidine rings is 1. The number of rotatable bonds is 3. The first-order valence-corrected chi connectivity index (χ1v) is 7.99. The molecule has 1 aliphatic heterocycles. The fraction of sp³-hybridized carbons (Fsp3) is 0.538. The van der Waals surface area contributed by atoms with E-state index < -0.39 is 10.0 Å². The third-order valence-electron chi connectivity index (χ3n) is 3.48. The van der Waals surface area contributed by atoms with Crippen LogP contribution in [0.15, 0.2) is 24.3 Å². The molecule has 100 valence electrons. The Balaban J connectivity index is 1.89. The Morgan fingerprint density at radius 3 is 2.28 bits per heavy atom. The molecule has 0 unspecified atom stereocenters. The summed E-state index contributed by atoms with van der Waals surface area (Å²) in [6.45, 7) is 1.20. The highest BCUT2D eigenvalue weighted by molar-refractivity contribution is 7.88. The molecular weight excluding hydrogens is 253 g/mol. The van der Waals surface area contributed by atoms with Gasteiger partial charge in [0.2, 0.25) is 10.0 Å². The van der Waals surface area contributed by atoms with Gasteiger partial charge in [0, 0.05) is 13.1 Å². The second-order valence-corrected chi connectivity index (χ2v) is 6.92. The lowest BCUT2D eigenvalue weighted by Crippen LogP contribution is -2.38. The Bertz CT molecular complexity index is 490. The number of hydrogen-bond donors (Lipinski definition) is 0. The Kier molecular flexibility index (Phi) is 4.02. The number of halogens is 1. The monoisotopic (exact) mass is 271 g/mol. The minimum Gasteiger partial charge on any atom is -0.213 e. The number of benzene rings is 1.